The zero-order valence-corrected chi connectivity index (χ0v) is 11.2. The Labute approximate surface area is 117 Å². The molecule has 1 aliphatic rings. The van der Waals surface area contributed by atoms with Gasteiger partial charge in [-0.1, -0.05) is 12.1 Å². The van der Waals surface area contributed by atoms with Crippen molar-refractivity contribution in [3.8, 4) is 23.0 Å². The highest BCUT2D eigenvalue weighted by Crippen LogP contribution is 2.38. The first kappa shape index (κ1) is 12.7. The molecule has 0 radical (unpaired) electrons. The minimum absolute atomic E-state index is 0.169. The van der Waals surface area contributed by atoms with Gasteiger partial charge >= 0.3 is 0 Å². The zero-order valence-electron chi connectivity index (χ0n) is 11.2. The number of aromatic hydroxyl groups is 2. The molecule has 0 fully saturated rings. The highest BCUT2D eigenvalue weighted by atomic mass is 16.5. The number of hydrogen-bond donors (Lipinski definition) is 2. The van der Waals surface area contributed by atoms with E-state index in [0.29, 0.717) is 12.4 Å². The van der Waals surface area contributed by atoms with Gasteiger partial charge in [-0.2, -0.15) is 0 Å². The van der Waals surface area contributed by atoms with Crippen molar-refractivity contribution in [2.45, 2.75) is 12.3 Å². The average molecular weight is 272 g/mol. The van der Waals surface area contributed by atoms with Crippen molar-refractivity contribution in [2.75, 3.05) is 13.7 Å². The van der Waals surface area contributed by atoms with Crippen LogP contribution in [-0.4, -0.2) is 23.9 Å². The molecule has 20 heavy (non-hydrogen) atoms. The molecule has 0 spiro atoms. The maximum Gasteiger partial charge on any atom is 0.126 e. The molecular weight excluding hydrogens is 256 g/mol. The second kappa shape index (κ2) is 4.96. The van der Waals surface area contributed by atoms with Crippen molar-refractivity contribution < 1.29 is 19.7 Å². The Kier molecular flexibility index (Phi) is 3.14. The van der Waals surface area contributed by atoms with Crippen molar-refractivity contribution in [3.63, 3.8) is 0 Å². The summed E-state index contributed by atoms with van der Waals surface area (Å²) in [7, 11) is 1.59. The second-order valence-electron chi connectivity index (χ2n) is 4.93. The van der Waals surface area contributed by atoms with Crippen LogP contribution in [0.3, 0.4) is 0 Å². The van der Waals surface area contributed by atoms with Crippen LogP contribution in [0.1, 0.15) is 17.0 Å². The molecule has 2 aromatic rings. The van der Waals surface area contributed by atoms with Gasteiger partial charge in [0.15, 0.2) is 0 Å². The normalized spacial score (nSPS) is 17.1. The minimum atomic E-state index is 0.169. The molecule has 0 saturated heterocycles. The lowest BCUT2D eigenvalue weighted by molar-refractivity contribution is 0.257. The highest BCUT2D eigenvalue weighted by Gasteiger charge is 2.24. The second-order valence-corrected chi connectivity index (χ2v) is 4.93. The van der Waals surface area contributed by atoms with E-state index in [1.165, 1.54) is 0 Å². The van der Waals surface area contributed by atoms with Crippen molar-refractivity contribution in [2.24, 2.45) is 0 Å². The van der Waals surface area contributed by atoms with Gasteiger partial charge in [0.2, 0.25) is 0 Å². The van der Waals surface area contributed by atoms with Crippen LogP contribution in [-0.2, 0) is 6.42 Å². The van der Waals surface area contributed by atoms with E-state index < -0.39 is 0 Å². The number of hydrogen-bond acceptors (Lipinski definition) is 4. The standard InChI is InChI=1S/C16H16O4/c1-19-16-8-13(18)4-5-14(16)11-6-10-2-3-12(17)7-15(10)20-9-11/h2-5,7-8,11,17-18H,6,9H2,1H3. The summed E-state index contributed by atoms with van der Waals surface area (Å²) in [6, 6.07) is 10.3. The summed E-state index contributed by atoms with van der Waals surface area (Å²) in [5, 5.41) is 19.0. The van der Waals surface area contributed by atoms with Gasteiger partial charge in [0.1, 0.15) is 23.0 Å². The lowest BCUT2D eigenvalue weighted by Gasteiger charge is -2.26. The first-order valence-electron chi connectivity index (χ1n) is 6.49. The lowest BCUT2D eigenvalue weighted by Crippen LogP contribution is -2.19. The van der Waals surface area contributed by atoms with Gasteiger partial charge in [0.05, 0.1) is 13.7 Å². The Hall–Kier alpha value is -2.36. The molecule has 2 aromatic carbocycles. The van der Waals surface area contributed by atoms with Gasteiger partial charge in [-0.15, -0.1) is 0 Å². The zero-order chi connectivity index (χ0) is 14.1. The SMILES string of the molecule is COc1cc(O)ccc1C1COc2cc(O)ccc2C1. The molecule has 104 valence electrons. The van der Waals surface area contributed by atoms with Gasteiger partial charge < -0.3 is 19.7 Å². The summed E-state index contributed by atoms with van der Waals surface area (Å²) < 4.78 is 11.1. The maximum atomic E-state index is 9.52. The van der Waals surface area contributed by atoms with Crippen LogP contribution >= 0.6 is 0 Å². The first-order chi connectivity index (χ1) is 9.67. The van der Waals surface area contributed by atoms with Gasteiger partial charge in [0, 0.05) is 23.6 Å². The Balaban J connectivity index is 1.92. The molecule has 0 amide bonds. The van der Waals surface area contributed by atoms with Crippen LogP contribution in [0.4, 0.5) is 0 Å². The molecule has 0 bridgehead atoms. The van der Waals surface area contributed by atoms with Crippen LogP contribution in [0.2, 0.25) is 0 Å². The Morgan fingerprint density at radius 3 is 2.65 bits per heavy atom. The predicted molar refractivity (Wildman–Crippen MR) is 74.7 cm³/mol. The van der Waals surface area contributed by atoms with Crippen molar-refractivity contribution in [1.82, 2.24) is 0 Å². The molecule has 3 rings (SSSR count). The van der Waals surface area contributed by atoms with Crippen LogP contribution < -0.4 is 9.47 Å². The molecule has 0 aromatic heterocycles. The third kappa shape index (κ3) is 2.25. The van der Waals surface area contributed by atoms with E-state index >= 15 is 0 Å². The van der Waals surface area contributed by atoms with Gasteiger partial charge in [-0.05, 0) is 24.1 Å². The van der Waals surface area contributed by atoms with Gasteiger partial charge in [0.25, 0.3) is 0 Å². The van der Waals surface area contributed by atoms with Crippen LogP contribution in [0.25, 0.3) is 0 Å². The van der Waals surface area contributed by atoms with E-state index in [1.54, 1.807) is 31.4 Å². The summed E-state index contributed by atoms with van der Waals surface area (Å²) >= 11 is 0. The fraction of sp³-hybridized carbons (Fsp3) is 0.250. The van der Waals surface area contributed by atoms with Crippen LogP contribution in [0.15, 0.2) is 36.4 Å². The molecule has 1 atom stereocenters. The average Bonchev–Trinajstić information content (AvgIpc) is 2.46. The van der Waals surface area contributed by atoms with E-state index in [0.717, 1.165) is 23.3 Å². The Bertz CT molecular complexity index is 636. The number of phenols is 2. The van der Waals surface area contributed by atoms with E-state index in [9.17, 15) is 10.2 Å². The topological polar surface area (TPSA) is 58.9 Å². The molecule has 2 N–H and O–H groups in total. The molecule has 1 aliphatic heterocycles. The summed E-state index contributed by atoms with van der Waals surface area (Å²) in [6.07, 6.45) is 0.816. The molecule has 4 nitrogen and oxygen atoms in total. The van der Waals surface area contributed by atoms with Crippen molar-refractivity contribution in [3.05, 3.63) is 47.5 Å². The number of rotatable bonds is 2. The third-order valence-electron chi connectivity index (χ3n) is 3.61. The summed E-state index contributed by atoms with van der Waals surface area (Å²) in [6.45, 7) is 0.525. The molecule has 0 saturated carbocycles. The lowest BCUT2D eigenvalue weighted by atomic mass is 9.89. The molecule has 1 unspecified atom stereocenters. The highest BCUT2D eigenvalue weighted by molar-refractivity contribution is 5.47. The molecule has 1 heterocycles. The smallest absolute Gasteiger partial charge is 0.126 e. The van der Waals surface area contributed by atoms with Crippen LogP contribution in [0, 0.1) is 0 Å². The largest absolute Gasteiger partial charge is 0.508 e. The van der Waals surface area contributed by atoms with Gasteiger partial charge in [-0.3, -0.25) is 0 Å². The quantitative estimate of drug-likeness (QED) is 0.882. The monoisotopic (exact) mass is 272 g/mol. The first-order valence-corrected chi connectivity index (χ1v) is 6.49. The molecular formula is C16H16O4. The minimum Gasteiger partial charge on any atom is -0.508 e. The van der Waals surface area contributed by atoms with E-state index in [2.05, 4.69) is 0 Å². The predicted octanol–water partition coefficient (Wildman–Crippen LogP) is 2.83. The third-order valence-corrected chi connectivity index (χ3v) is 3.61. The fourth-order valence-electron chi connectivity index (χ4n) is 2.60. The van der Waals surface area contributed by atoms with Crippen LogP contribution in [0.5, 0.6) is 23.0 Å². The maximum absolute atomic E-state index is 9.52. The molecule has 0 aliphatic carbocycles. The summed E-state index contributed by atoms with van der Waals surface area (Å²) in [5.74, 6) is 1.97. The number of methoxy groups -OCH3 is 1. The van der Waals surface area contributed by atoms with E-state index in [1.807, 2.05) is 12.1 Å². The molecule has 4 heteroatoms. The van der Waals surface area contributed by atoms with Crippen molar-refractivity contribution in [1.29, 1.82) is 0 Å². The summed E-state index contributed by atoms with van der Waals surface area (Å²) in [4.78, 5) is 0. The van der Waals surface area contributed by atoms with E-state index in [-0.39, 0.29) is 17.4 Å². The number of phenolic OH excluding ortho intramolecular Hbond substituents is 2. The number of benzene rings is 2. The Morgan fingerprint density at radius 2 is 1.85 bits per heavy atom. The fourth-order valence-corrected chi connectivity index (χ4v) is 2.60. The van der Waals surface area contributed by atoms with Gasteiger partial charge in [-0.25, -0.2) is 0 Å². The summed E-state index contributed by atoms with van der Waals surface area (Å²) in [5.41, 5.74) is 2.08. The van der Waals surface area contributed by atoms with Crippen molar-refractivity contribution >= 4 is 0 Å². The number of fused-ring (bicyclic) bond motifs is 1. The van der Waals surface area contributed by atoms with E-state index in [4.69, 9.17) is 9.47 Å². The number of ether oxygens (including phenoxy) is 2. The Morgan fingerprint density at radius 1 is 1.10 bits per heavy atom.